The highest BCUT2D eigenvalue weighted by molar-refractivity contribution is 6.15. The third kappa shape index (κ3) is 4.79. The first-order chi connectivity index (χ1) is 23.2. The molecule has 0 spiro atoms. The summed E-state index contributed by atoms with van der Waals surface area (Å²) in [5, 5.41) is 9.67. The number of rotatable bonds is 4. The molecule has 0 saturated heterocycles. The molecule has 0 N–H and O–H groups in total. The number of aromatic nitrogens is 2. The van der Waals surface area contributed by atoms with Crippen molar-refractivity contribution in [3.05, 3.63) is 157 Å². The third-order valence-corrected chi connectivity index (χ3v) is 9.39. The van der Waals surface area contributed by atoms with Gasteiger partial charge in [-0.3, -0.25) is 4.99 Å². The third-order valence-electron chi connectivity index (χ3n) is 9.39. The second-order valence-electron chi connectivity index (χ2n) is 12.5. The Labute approximate surface area is 273 Å². The van der Waals surface area contributed by atoms with E-state index in [0.717, 1.165) is 45.9 Å². The standard InChI is InChI=1S/C44H31N3/c1-28-18-23-41(45-27-28)29-19-21-30(22-20-29)44-46-42(39-24-31-10-2-4-12-33(31)35-14-6-8-16-37(35)39)26-43(47-44)40-25-32-11-3-5-13-34(32)36-15-7-9-17-38(36)40/h2-26,28H,27H2,1H3/t28-/m1/s1. The first-order valence-electron chi connectivity index (χ1n) is 16.2. The van der Waals surface area contributed by atoms with Gasteiger partial charge in [-0.05, 0) is 78.8 Å². The van der Waals surface area contributed by atoms with Crippen LogP contribution in [0.1, 0.15) is 12.5 Å². The van der Waals surface area contributed by atoms with E-state index in [1.165, 1.54) is 43.1 Å². The van der Waals surface area contributed by atoms with Crippen molar-refractivity contribution in [3.63, 3.8) is 0 Å². The maximum Gasteiger partial charge on any atom is 0.160 e. The molecular weight excluding hydrogens is 571 g/mol. The molecule has 9 rings (SSSR count). The largest absolute Gasteiger partial charge is 0.284 e. The van der Waals surface area contributed by atoms with Crippen LogP contribution in [0.5, 0.6) is 0 Å². The molecule has 1 atom stereocenters. The van der Waals surface area contributed by atoms with Crippen LogP contribution in [0.2, 0.25) is 0 Å². The van der Waals surface area contributed by atoms with Gasteiger partial charge in [0, 0.05) is 23.2 Å². The van der Waals surface area contributed by atoms with E-state index in [1.807, 2.05) is 0 Å². The molecule has 1 aliphatic rings. The van der Waals surface area contributed by atoms with E-state index in [-0.39, 0.29) is 0 Å². The second kappa shape index (κ2) is 11.1. The summed E-state index contributed by atoms with van der Waals surface area (Å²) in [6, 6.07) is 49.8. The monoisotopic (exact) mass is 601 g/mol. The molecule has 3 heteroatoms. The Morgan fingerprint density at radius 3 is 1.47 bits per heavy atom. The van der Waals surface area contributed by atoms with Crippen LogP contribution in [0.4, 0.5) is 0 Å². The predicted octanol–water partition coefficient (Wildman–Crippen LogP) is 11.1. The summed E-state index contributed by atoms with van der Waals surface area (Å²) < 4.78 is 0. The normalized spacial score (nSPS) is 14.7. The second-order valence-corrected chi connectivity index (χ2v) is 12.5. The average molecular weight is 602 g/mol. The summed E-state index contributed by atoms with van der Waals surface area (Å²) >= 11 is 0. The minimum atomic E-state index is 0.477. The van der Waals surface area contributed by atoms with Gasteiger partial charge in [0.2, 0.25) is 0 Å². The summed E-state index contributed by atoms with van der Waals surface area (Å²) in [7, 11) is 0. The average Bonchev–Trinajstić information content (AvgIpc) is 3.14. The molecule has 0 unspecified atom stereocenters. The van der Waals surface area contributed by atoms with Gasteiger partial charge in [0.1, 0.15) is 0 Å². The number of nitrogens with zero attached hydrogens (tertiary/aromatic N) is 3. The fourth-order valence-corrected chi connectivity index (χ4v) is 6.97. The van der Waals surface area contributed by atoms with Crippen LogP contribution >= 0.6 is 0 Å². The van der Waals surface area contributed by atoms with Gasteiger partial charge in [-0.1, -0.05) is 134 Å². The van der Waals surface area contributed by atoms with Crippen LogP contribution in [-0.2, 0) is 0 Å². The SMILES string of the molecule is C[C@@H]1C=CC(c2ccc(-c3nc(-c4cc5ccccc5c5ccccc45)cc(-c4cc5ccccc5c5ccccc45)n3)cc2)=NC1. The van der Waals surface area contributed by atoms with Crippen LogP contribution in [0.15, 0.2) is 157 Å². The number of allylic oxidation sites excluding steroid dienone is 1. The van der Waals surface area contributed by atoms with Crippen molar-refractivity contribution in [2.24, 2.45) is 10.9 Å². The maximum atomic E-state index is 5.30. The summed E-state index contributed by atoms with van der Waals surface area (Å²) in [4.78, 5) is 15.4. The van der Waals surface area contributed by atoms with Crippen LogP contribution in [0, 0.1) is 5.92 Å². The van der Waals surface area contributed by atoms with Gasteiger partial charge in [-0.25, -0.2) is 9.97 Å². The van der Waals surface area contributed by atoms with E-state index in [1.54, 1.807) is 0 Å². The van der Waals surface area contributed by atoms with Crippen LogP contribution in [0.25, 0.3) is 77.0 Å². The Hall–Kier alpha value is -5.93. The highest BCUT2D eigenvalue weighted by Gasteiger charge is 2.17. The zero-order valence-electron chi connectivity index (χ0n) is 26.1. The van der Waals surface area contributed by atoms with Crippen LogP contribution < -0.4 is 0 Å². The molecule has 47 heavy (non-hydrogen) atoms. The topological polar surface area (TPSA) is 38.1 Å². The van der Waals surface area contributed by atoms with Crippen molar-refractivity contribution in [3.8, 4) is 33.9 Å². The molecule has 1 aromatic heterocycles. The van der Waals surface area contributed by atoms with E-state index >= 15 is 0 Å². The lowest BCUT2D eigenvalue weighted by atomic mass is 9.93. The van der Waals surface area contributed by atoms with Crippen molar-refractivity contribution < 1.29 is 0 Å². The van der Waals surface area contributed by atoms with Crippen molar-refractivity contribution in [2.45, 2.75) is 6.92 Å². The lowest BCUT2D eigenvalue weighted by Crippen LogP contribution is -2.08. The van der Waals surface area contributed by atoms with Crippen LogP contribution in [-0.4, -0.2) is 22.2 Å². The molecule has 1 aliphatic heterocycles. The maximum absolute atomic E-state index is 5.30. The van der Waals surface area contributed by atoms with Gasteiger partial charge in [0.05, 0.1) is 17.1 Å². The van der Waals surface area contributed by atoms with E-state index in [9.17, 15) is 0 Å². The fourth-order valence-electron chi connectivity index (χ4n) is 6.97. The molecule has 8 aromatic rings. The molecule has 0 aliphatic carbocycles. The molecule has 2 heterocycles. The van der Waals surface area contributed by atoms with Crippen molar-refractivity contribution in [2.75, 3.05) is 6.54 Å². The Balaban J connectivity index is 1.30. The van der Waals surface area contributed by atoms with Gasteiger partial charge in [0.15, 0.2) is 5.82 Å². The zero-order chi connectivity index (χ0) is 31.3. The van der Waals surface area contributed by atoms with Crippen molar-refractivity contribution >= 4 is 48.8 Å². The van der Waals surface area contributed by atoms with Gasteiger partial charge in [-0.15, -0.1) is 0 Å². The van der Waals surface area contributed by atoms with E-state index < -0.39 is 0 Å². The molecule has 7 aromatic carbocycles. The van der Waals surface area contributed by atoms with Crippen molar-refractivity contribution in [1.82, 2.24) is 9.97 Å². The van der Waals surface area contributed by atoms with Crippen molar-refractivity contribution in [1.29, 1.82) is 0 Å². The highest BCUT2D eigenvalue weighted by Crippen LogP contribution is 2.39. The Morgan fingerprint density at radius 1 is 0.489 bits per heavy atom. The quantitative estimate of drug-likeness (QED) is 0.188. The summed E-state index contributed by atoms with van der Waals surface area (Å²) in [5.41, 5.74) is 7.11. The molecular formula is C44H31N3. The number of fused-ring (bicyclic) bond motifs is 6. The molecule has 222 valence electrons. The number of dihydropyridines is 1. The summed E-state index contributed by atoms with van der Waals surface area (Å²) in [5.74, 6) is 1.18. The van der Waals surface area contributed by atoms with Crippen LogP contribution in [0.3, 0.4) is 0 Å². The Morgan fingerprint density at radius 2 is 0.957 bits per heavy atom. The molecule has 0 saturated carbocycles. The zero-order valence-corrected chi connectivity index (χ0v) is 26.1. The summed E-state index contributed by atoms with van der Waals surface area (Å²) in [6.45, 7) is 3.01. The van der Waals surface area contributed by atoms with Gasteiger partial charge in [-0.2, -0.15) is 0 Å². The smallest absolute Gasteiger partial charge is 0.160 e. The molecule has 0 amide bonds. The highest BCUT2D eigenvalue weighted by atomic mass is 14.9. The number of hydrogen-bond donors (Lipinski definition) is 0. The molecule has 0 radical (unpaired) electrons. The number of aliphatic imine (C=N–C) groups is 1. The van der Waals surface area contributed by atoms with E-state index in [2.05, 4.69) is 159 Å². The summed E-state index contributed by atoms with van der Waals surface area (Å²) in [6.07, 6.45) is 4.37. The van der Waals surface area contributed by atoms with E-state index in [0.29, 0.717) is 11.7 Å². The van der Waals surface area contributed by atoms with E-state index in [4.69, 9.17) is 15.0 Å². The first kappa shape index (κ1) is 27.4. The minimum absolute atomic E-state index is 0.477. The number of benzene rings is 7. The Bertz CT molecular complexity index is 2420. The lowest BCUT2D eigenvalue weighted by molar-refractivity contribution is 0.734. The lowest BCUT2D eigenvalue weighted by Gasteiger charge is -2.15. The Kier molecular flexibility index (Phi) is 6.50. The predicted molar refractivity (Wildman–Crippen MR) is 198 cm³/mol. The van der Waals surface area contributed by atoms with Gasteiger partial charge >= 0.3 is 0 Å². The fraction of sp³-hybridized carbons (Fsp3) is 0.0682. The molecule has 0 fully saturated rings. The minimum Gasteiger partial charge on any atom is -0.284 e. The van der Waals surface area contributed by atoms with Gasteiger partial charge in [0.25, 0.3) is 0 Å². The van der Waals surface area contributed by atoms with Gasteiger partial charge < -0.3 is 0 Å². The molecule has 0 bridgehead atoms. The number of hydrogen-bond acceptors (Lipinski definition) is 3. The first-order valence-corrected chi connectivity index (χ1v) is 16.2. The molecule has 3 nitrogen and oxygen atoms in total.